The third kappa shape index (κ3) is 4.18. The second-order valence-electron chi connectivity index (χ2n) is 8.52. The molecule has 0 bridgehead atoms. The minimum Gasteiger partial charge on any atom is -0.489 e. The van der Waals surface area contributed by atoms with Crippen LogP contribution < -0.4 is 14.8 Å². The Labute approximate surface area is 173 Å². The molecule has 3 nitrogen and oxygen atoms in total. The first kappa shape index (κ1) is 19.7. The summed E-state index contributed by atoms with van der Waals surface area (Å²) >= 11 is 2.01. The Bertz CT molecular complexity index is 843. The van der Waals surface area contributed by atoms with Crippen LogP contribution >= 0.6 is 11.8 Å². The molecule has 4 rings (SSSR count). The van der Waals surface area contributed by atoms with Crippen LogP contribution in [0.3, 0.4) is 0 Å². The van der Waals surface area contributed by atoms with Crippen molar-refractivity contribution >= 4 is 11.8 Å². The standard InChI is InChI=1S/C24H31NO2S/c1-16-11-17(2)22-9-10-24(4,27-23(22)18(16)3)14-26-20-7-5-19(6-8-20)12-21-13-25-15-28-21/h5-8,11,21,25H,9-10,12-15H2,1-4H3. The van der Waals surface area contributed by atoms with Crippen LogP contribution in [0, 0.1) is 20.8 Å². The molecule has 0 spiro atoms. The van der Waals surface area contributed by atoms with Gasteiger partial charge in [-0.3, -0.25) is 0 Å². The SMILES string of the molecule is Cc1cc(C)c2c(c1C)OC(C)(COc1ccc(CC3CNCS3)cc1)CC2. The number of hydrogen-bond acceptors (Lipinski definition) is 4. The van der Waals surface area contributed by atoms with Gasteiger partial charge >= 0.3 is 0 Å². The summed E-state index contributed by atoms with van der Waals surface area (Å²) in [5.74, 6) is 3.08. The van der Waals surface area contributed by atoms with Gasteiger partial charge in [0.05, 0.1) is 0 Å². The largest absolute Gasteiger partial charge is 0.489 e. The minimum absolute atomic E-state index is 0.289. The first-order valence-corrected chi connectivity index (χ1v) is 11.3. The van der Waals surface area contributed by atoms with Crippen molar-refractivity contribution in [2.24, 2.45) is 0 Å². The van der Waals surface area contributed by atoms with Crippen molar-refractivity contribution in [2.75, 3.05) is 19.0 Å². The molecule has 0 saturated carbocycles. The number of rotatable bonds is 5. The Morgan fingerprint density at radius 2 is 1.96 bits per heavy atom. The van der Waals surface area contributed by atoms with Gasteiger partial charge in [0.2, 0.25) is 0 Å². The fourth-order valence-corrected chi connectivity index (χ4v) is 5.17. The van der Waals surface area contributed by atoms with E-state index in [9.17, 15) is 0 Å². The van der Waals surface area contributed by atoms with Crippen LogP contribution in [-0.2, 0) is 12.8 Å². The van der Waals surface area contributed by atoms with E-state index in [4.69, 9.17) is 9.47 Å². The summed E-state index contributed by atoms with van der Waals surface area (Å²) in [5, 5.41) is 4.10. The van der Waals surface area contributed by atoms with E-state index in [1.165, 1.54) is 27.8 Å². The van der Waals surface area contributed by atoms with Gasteiger partial charge in [-0.15, -0.1) is 11.8 Å². The summed E-state index contributed by atoms with van der Waals surface area (Å²) in [5.41, 5.74) is 6.35. The van der Waals surface area contributed by atoms with Gasteiger partial charge in [0.1, 0.15) is 23.7 Å². The first-order valence-electron chi connectivity index (χ1n) is 10.3. The van der Waals surface area contributed by atoms with E-state index in [0.717, 1.165) is 43.2 Å². The Hall–Kier alpha value is -1.65. The highest BCUT2D eigenvalue weighted by Crippen LogP contribution is 2.39. The normalized spacial score (nSPS) is 23.9. The van der Waals surface area contributed by atoms with Gasteiger partial charge in [-0.2, -0.15) is 0 Å². The fourth-order valence-electron chi connectivity index (χ4n) is 4.15. The average molecular weight is 398 g/mol. The third-order valence-corrected chi connectivity index (χ3v) is 7.27. The van der Waals surface area contributed by atoms with Crippen LogP contribution in [0.25, 0.3) is 0 Å². The number of thioether (sulfide) groups is 1. The topological polar surface area (TPSA) is 30.5 Å². The van der Waals surface area contributed by atoms with Crippen LogP contribution in [0.1, 0.15) is 41.2 Å². The molecule has 2 aromatic rings. The Morgan fingerprint density at radius 3 is 2.68 bits per heavy atom. The Morgan fingerprint density at radius 1 is 1.18 bits per heavy atom. The maximum absolute atomic E-state index is 6.51. The van der Waals surface area contributed by atoms with Gasteiger partial charge in [-0.25, -0.2) is 0 Å². The lowest BCUT2D eigenvalue weighted by Gasteiger charge is -2.37. The van der Waals surface area contributed by atoms with Crippen LogP contribution in [-0.4, -0.2) is 29.9 Å². The molecular weight excluding hydrogens is 366 g/mol. The van der Waals surface area contributed by atoms with E-state index in [2.05, 4.69) is 63.3 Å². The second-order valence-corrected chi connectivity index (χ2v) is 9.81. The highest BCUT2D eigenvalue weighted by Gasteiger charge is 2.34. The Balaban J connectivity index is 1.39. The molecule has 150 valence electrons. The molecule has 2 aliphatic rings. The fraction of sp³-hybridized carbons (Fsp3) is 0.500. The zero-order valence-corrected chi connectivity index (χ0v) is 18.2. The second kappa shape index (κ2) is 8.00. The summed E-state index contributed by atoms with van der Waals surface area (Å²) in [6.45, 7) is 10.4. The maximum Gasteiger partial charge on any atom is 0.140 e. The molecule has 2 atom stereocenters. The molecule has 0 aliphatic carbocycles. The lowest BCUT2D eigenvalue weighted by molar-refractivity contribution is 0.0167. The number of benzene rings is 2. The van der Waals surface area contributed by atoms with E-state index < -0.39 is 0 Å². The van der Waals surface area contributed by atoms with Crippen LogP contribution in [0.5, 0.6) is 11.5 Å². The quantitative estimate of drug-likeness (QED) is 0.771. The van der Waals surface area contributed by atoms with Gasteiger partial charge in [0, 0.05) is 17.7 Å². The van der Waals surface area contributed by atoms with Crippen LogP contribution in [0.4, 0.5) is 0 Å². The average Bonchev–Trinajstić information content (AvgIpc) is 3.19. The first-order chi connectivity index (χ1) is 13.4. The van der Waals surface area contributed by atoms with Crippen LogP contribution in [0.15, 0.2) is 30.3 Å². The molecular formula is C24H31NO2S. The van der Waals surface area contributed by atoms with E-state index in [0.29, 0.717) is 11.9 Å². The molecule has 2 unspecified atom stereocenters. The molecule has 1 N–H and O–H groups in total. The molecule has 2 aliphatic heterocycles. The van der Waals surface area contributed by atoms with Gasteiger partial charge in [0.15, 0.2) is 0 Å². The van der Waals surface area contributed by atoms with Crippen molar-refractivity contribution in [3.05, 3.63) is 58.1 Å². The molecule has 0 radical (unpaired) electrons. The lowest BCUT2D eigenvalue weighted by atomic mass is 9.88. The predicted octanol–water partition coefficient (Wildman–Crippen LogP) is 4.98. The van der Waals surface area contributed by atoms with Gasteiger partial charge in [-0.1, -0.05) is 18.2 Å². The van der Waals surface area contributed by atoms with E-state index in [-0.39, 0.29) is 5.60 Å². The van der Waals surface area contributed by atoms with E-state index >= 15 is 0 Å². The van der Waals surface area contributed by atoms with E-state index in [1.807, 2.05) is 11.8 Å². The number of aryl methyl sites for hydroxylation is 2. The highest BCUT2D eigenvalue weighted by atomic mass is 32.2. The van der Waals surface area contributed by atoms with Crippen molar-refractivity contribution in [1.82, 2.24) is 5.32 Å². The highest BCUT2D eigenvalue weighted by molar-refractivity contribution is 8.00. The number of nitrogens with one attached hydrogen (secondary N) is 1. The summed E-state index contributed by atoms with van der Waals surface area (Å²) in [6.07, 6.45) is 3.15. The maximum atomic E-state index is 6.51. The Kier molecular flexibility index (Phi) is 5.62. The molecule has 1 saturated heterocycles. The molecule has 2 heterocycles. The van der Waals surface area contributed by atoms with Crippen LogP contribution in [0.2, 0.25) is 0 Å². The smallest absolute Gasteiger partial charge is 0.140 e. The molecule has 1 fully saturated rings. The van der Waals surface area contributed by atoms with Gasteiger partial charge in [-0.05, 0) is 86.9 Å². The zero-order valence-electron chi connectivity index (χ0n) is 17.4. The third-order valence-electron chi connectivity index (χ3n) is 6.09. The summed E-state index contributed by atoms with van der Waals surface area (Å²) < 4.78 is 12.7. The summed E-state index contributed by atoms with van der Waals surface area (Å²) in [4.78, 5) is 0. The van der Waals surface area contributed by atoms with Crippen molar-refractivity contribution in [2.45, 2.75) is 57.8 Å². The predicted molar refractivity (Wildman–Crippen MR) is 118 cm³/mol. The molecule has 2 aromatic carbocycles. The van der Waals surface area contributed by atoms with Crippen molar-refractivity contribution in [3.63, 3.8) is 0 Å². The van der Waals surface area contributed by atoms with Crippen molar-refractivity contribution in [1.29, 1.82) is 0 Å². The minimum atomic E-state index is -0.289. The molecule has 0 aromatic heterocycles. The number of ether oxygens (including phenoxy) is 2. The molecule has 28 heavy (non-hydrogen) atoms. The molecule has 0 amide bonds. The van der Waals surface area contributed by atoms with Gasteiger partial charge in [0.25, 0.3) is 0 Å². The monoisotopic (exact) mass is 397 g/mol. The van der Waals surface area contributed by atoms with Crippen molar-refractivity contribution in [3.8, 4) is 11.5 Å². The summed E-state index contributed by atoms with van der Waals surface area (Å²) in [7, 11) is 0. The lowest BCUT2D eigenvalue weighted by Crippen LogP contribution is -2.42. The molecule has 4 heteroatoms. The van der Waals surface area contributed by atoms with Crippen molar-refractivity contribution < 1.29 is 9.47 Å². The number of fused-ring (bicyclic) bond motifs is 1. The zero-order chi connectivity index (χ0) is 19.7. The summed E-state index contributed by atoms with van der Waals surface area (Å²) in [6, 6.07) is 10.9. The van der Waals surface area contributed by atoms with Gasteiger partial charge < -0.3 is 14.8 Å². The van der Waals surface area contributed by atoms with E-state index in [1.54, 1.807) is 0 Å². The number of hydrogen-bond donors (Lipinski definition) is 1.